The molecule has 4 aliphatic rings. The highest BCUT2D eigenvalue weighted by molar-refractivity contribution is 9.10. The highest BCUT2D eigenvalue weighted by atomic mass is 79.9. The Hall–Kier alpha value is -1.11. The number of esters is 1. The molecule has 0 unspecified atom stereocenters. The van der Waals surface area contributed by atoms with Crippen molar-refractivity contribution in [2.24, 2.45) is 17.3 Å². The number of nitrogens with one attached hydrogen (secondary N) is 1. The Morgan fingerprint density at radius 2 is 1.83 bits per heavy atom. The first-order valence-electron chi connectivity index (χ1n) is 8.56. The van der Waals surface area contributed by atoms with E-state index in [1.54, 1.807) is 0 Å². The summed E-state index contributed by atoms with van der Waals surface area (Å²) in [5.41, 5.74) is -0.423. The lowest BCUT2D eigenvalue weighted by molar-refractivity contribution is -0.172. The standard InChI is InChI=1S/C17H25BrN2O4/c1-19-13(21)8-20(2)14(22)9-24-15(23)16-4-11-3-12(5-16)7-17(18,6-11)10-16/h11-12H,3-10H2,1-2H3,(H,19,21)/t11-,12-,16?,17?/m0/s1. The molecule has 2 atom stereocenters. The number of likely N-dealkylation sites (N-methyl/N-ethyl adjacent to an activating group) is 2. The van der Waals surface area contributed by atoms with E-state index in [1.807, 2.05) is 0 Å². The van der Waals surface area contributed by atoms with E-state index in [0.717, 1.165) is 32.1 Å². The summed E-state index contributed by atoms with van der Waals surface area (Å²) < 4.78 is 5.47. The Balaban J connectivity index is 1.57. The maximum absolute atomic E-state index is 12.8. The summed E-state index contributed by atoms with van der Waals surface area (Å²) in [4.78, 5) is 37.4. The van der Waals surface area contributed by atoms with Crippen molar-refractivity contribution in [3.8, 4) is 0 Å². The van der Waals surface area contributed by atoms with Gasteiger partial charge in [0.25, 0.3) is 5.91 Å². The largest absolute Gasteiger partial charge is 0.455 e. The maximum Gasteiger partial charge on any atom is 0.312 e. The fourth-order valence-electron chi connectivity index (χ4n) is 5.16. The van der Waals surface area contributed by atoms with Crippen molar-refractivity contribution < 1.29 is 19.1 Å². The average Bonchev–Trinajstić information content (AvgIpc) is 2.49. The molecule has 4 aliphatic carbocycles. The number of hydrogen-bond donors (Lipinski definition) is 1. The lowest BCUT2D eigenvalue weighted by Gasteiger charge is -2.58. The van der Waals surface area contributed by atoms with Gasteiger partial charge in [0, 0.05) is 18.4 Å². The monoisotopic (exact) mass is 400 g/mol. The van der Waals surface area contributed by atoms with Crippen molar-refractivity contribution in [2.45, 2.75) is 42.8 Å². The van der Waals surface area contributed by atoms with E-state index in [9.17, 15) is 14.4 Å². The first-order chi connectivity index (χ1) is 11.3. The van der Waals surface area contributed by atoms with E-state index in [1.165, 1.54) is 25.4 Å². The van der Waals surface area contributed by atoms with Crippen LogP contribution in [0.3, 0.4) is 0 Å². The minimum Gasteiger partial charge on any atom is -0.455 e. The summed E-state index contributed by atoms with van der Waals surface area (Å²) in [6, 6.07) is 0. The van der Waals surface area contributed by atoms with Crippen LogP contribution in [0.2, 0.25) is 0 Å². The van der Waals surface area contributed by atoms with Crippen LogP contribution in [0.15, 0.2) is 0 Å². The van der Waals surface area contributed by atoms with Gasteiger partial charge in [0.1, 0.15) is 0 Å². The first-order valence-corrected chi connectivity index (χ1v) is 9.35. The molecule has 0 aromatic rings. The van der Waals surface area contributed by atoms with Crippen LogP contribution < -0.4 is 5.32 Å². The van der Waals surface area contributed by atoms with Gasteiger partial charge in [0.2, 0.25) is 5.91 Å². The Kier molecular flexibility index (Phi) is 4.66. The van der Waals surface area contributed by atoms with Crippen LogP contribution >= 0.6 is 15.9 Å². The van der Waals surface area contributed by atoms with Crippen LogP contribution in [-0.2, 0) is 19.1 Å². The van der Waals surface area contributed by atoms with Crippen LogP contribution in [0, 0.1) is 17.3 Å². The van der Waals surface area contributed by atoms with Crippen LogP contribution in [0.4, 0.5) is 0 Å². The average molecular weight is 401 g/mol. The Bertz CT molecular complexity index is 551. The molecule has 0 aromatic heterocycles. The van der Waals surface area contributed by atoms with Gasteiger partial charge < -0.3 is 15.0 Å². The molecule has 2 amide bonds. The third-order valence-electron chi connectivity index (χ3n) is 5.83. The van der Waals surface area contributed by atoms with Crippen LogP contribution in [0.5, 0.6) is 0 Å². The third-order valence-corrected chi connectivity index (χ3v) is 6.76. The number of amides is 2. The predicted octanol–water partition coefficient (Wildman–Crippen LogP) is 1.47. The summed E-state index contributed by atoms with van der Waals surface area (Å²) >= 11 is 3.87. The number of halogens is 1. The number of nitrogens with zero attached hydrogens (tertiary/aromatic N) is 1. The number of carbonyl (C=O) groups excluding carboxylic acids is 3. The third kappa shape index (κ3) is 3.32. The molecule has 4 fully saturated rings. The molecule has 4 bridgehead atoms. The minimum absolute atomic E-state index is 0.0350. The van der Waals surface area contributed by atoms with Gasteiger partial charge in [0.05, 0.1) is 12.0 Å². The molecule has 6 nitrogen and oxygen atoms in total. The second-order valence-electron chi connectivity index (χ2n) is 7.89. The van der Waals surface area contributed by atoms with Gasteiger partial charge in [0.15, 0.2) is 6.61 Å². The summed E-state index contributed by atoms with van der Waals surface area (Å²) in [5.74, 6) is 0.335. The van der Waals surface area contributed by atoms with Gasteiger partial charge >= 0.3 is 5.97 Å². The van der Waals surface area contributed by atoms with E-state index in [4.69, 9.17) is 4.74 Å². The molecule has 7 heteroatoms. The van der Waals surface area contributed by atoms with Crippen molar-refractivity contribution in [3.05, 3.63) is 0 Å². The number of carbonyl (C=O) groups is 3. The van der Waals surface area contributed by atoms with E-state index >= 15 is 0 Å². The molecular weight excluding hydrogens is 376 g/mol. The number of rotatable bonds is 5. The predicted molar refractivity (Wildman–Crippen MR) is 91.4 cm³/mol. The van der Waals surface area contributed by atoms with Gasteiger partial charge in [-0.15, -0.1) is 0 Å². The Labute approximate surface area is 150 Å². The molecule has 1 N–H and O–H groups in total. The van der Waals surface area contributed by atoms with Crippen molar-refractivity contribution in [3.63, 3.8) is 0 Å². The highest BCUT2D eigenvalue weighted by Gasteiger charge is 2.60. The smallest absolute Gasteiger partial charge is 0.312 e. The normalized spacial score (nSPS) is 36.3. The molecule has 0 radical (unpaired) electrons. The van der Waals surface area contributed by atoms with Crippen LogP contribution in [0.1, 0.15) is 38.5 Å². The fourth-order valence-corrected chi connectivity index (χ4v) is 6.62. The Morgan fingerprint density at radius 3 is 2.38 bits per heavy atom. The molecule has 24 heavy (non-hydrogen) atoms. The van der Waals surface area contributed by atoms with Crippen LogP contribution in [0.25, 0.3) is 0 Å². The van der Waals surface area contributed by atoms with E-state index < -0.39 is 5.41 Å². The number of alkyl halides is 1. The summed E-state index contributed by atoms with van der Waals surface area (Å²) in [5, 5.41) is 2.46. The SMILES string of the molecule is CNC(=O)CN(C)C(=O)COC(=O)C12C[C@@H]3C[C@H](CC(Br)(C3)C1)C2. The van der Waals surface area contributed by atoms with Gasteiger partial charge in [-0.05, 0) is 50.4 Å². The minimum atomic E-state index is -0.423. The van der Waals surface area contributed by atoms with E-state index in [0.29, 0.717) is 11.8 Å². The zero-order valence-corrected chi connectivity index (χ0v) is 15.9. The molecule has 0 aliphatic heterocycles. The Morgan fingerprint density at radius 1 is 1.21 bits per heavy atom. The second-order valence-corrected chi connectivity index (χ2v) is 9.57. The molecule has 0 heterocycles. The molecule has 0 spiro atoms. The van der Waals surface area contributed by atoms with Crippen molar-refractivity contribution in [1.82, 2.24) is 10.2 Å². The van der Waals surface area contributed by atoms with Crippen LogP contribution in [-0.4, -0.2) is 54.3 Å². The number of hydrogen-bond acceptors (Lipinski definition) is 4. The van der Waals surface area contributed by atoms with Gasteiger partial charge in [-0.3, -0.25) is 14.4 Å². The summed E-state index contributed by atoms with van der Waals surface area (Å²) in [7, 11) is 3.05. The second kappa shape index (κ2) is 6.32. The van der Waals surface area contributed by atoms with Gasteiger partial charge in [-0.25, -0.2) is 0 Å². The van der Waals surface area contributed by atoms with Gasteiger partial charge in [-0.1, -0.05) is 15.9 Å². The topological polar surface area (TPSA) is 75.7 Å². The van der Waals surface area contributed by atoms with Crippen molar-refractivity contribution >= 4 is 33.7 Å². The van der Waals surface area contributed by atoms with Gasteiger partial charge in [-0.2, -0.15) is 0 Å². The molecular formula is C17H25BrN2O4. The summed E-state index contributed by atoms with van der Waals surface area (Å²) in [6.45, 7) is -0.328. The van der Waals surface area contributed by atoms with E-state index in [2.05, 4.69) is 21.2 Å². The zero-order valence-electron chi connectivity index (χ0n) is 14.3. The molecule has 4 saturated carbocycles. The maximum atomic E-state index is 12.8. The van der Waals surface area contributed by atoms with Crippen molar-refractivity contribution in [2.75, 3.05) is 27.2 Å². The first kappa shape index (κ1) is 17.7. The lowest BCUT2D eigenvalue weighted by Crippen LogP contribution is -2.56. The lowest BCUT2D eigenvalue weighted by atomic mass is 9.49. The fraction of sp³-hybridized carbons (Fsp3) is 0.824. The zero-order chi connectivity index (χ0) is 17.5. The van der Waals surface area contributed by atoms with Crippen molar-refractivity contribution in [1.29, 1.82) is 0 Å². The number of ether oxygens (including phenoxy) is 1. The molecule has 4 rings (SSSR count). The summed E-state index contributed by atoms with van der Waals surface area (Å²) in [6.07, 6.45) is 6.10. The molecule has 0 saturated heterocycles. The molecule has 134 valence electrons. The quantitative estimate of drug-likeness (QED) is 0.559. The molecule has 0 aromatic carbocycles. The van der Waals surface area contributed by atoms with E-state index in [-0.39, 0.29) is 35.3 Å². The highest BCUT2D eigenvalue weighted by Crippen LogP contribution is 2.64.